The molecule has 0 radical (unpaired) electrons. The number of fused-ring (bicyclic) bond motifs is 1. The van der Waals surface area contributed by atoms with Crippen molar-refractivity contribution in [2.45, 2.75) is 25.3 Å². The molecule has 5 heteroatoms. The Hall–Kier alpha value is -2.53. The fourth-order valence-corrected chi connectivity index (χ4v) is 4.32. The van der Waals surface area contributed by atoms with Gasteiger partial charge < -0.3 is 15.0 Å². The highest BCUT2D eigenvalue weighted by molar-refractivity contribution is 5.78. The van der Waals surface area contributed by atoms with Crippen LogP contribution in [0.2, 0.25) is 0 Å². The predicted octanol–water partition coefficient (Wildman–Crippen LogP) is 3.01. The molecule has 1 amide bonds. The van der Waals surface area contributed by atoms with Crippen molar-refractivity contribution in [3.05, 3.63) is 59.7 Å². The second-order valence-corrected chi connectivity index (χ2v) is 7.68. The summed E-state index contributed by atoms with van der Waals surface area (Å²) in [6.45, 7) is 4.11. The highest BCUT2D eigenvalue weighted by Gasteiger charge is 2.24. The summed E-state index contributed by atoms with van der Waals surface area (Å²) < 4.78 is 5.33. The third-order valence-corrected chi connectivity index (χ3v) is 5.86. The first-order chi connectivity index (χ1) is 13.7. The van der Waals surface area contributed by atoms with Gasteiger partial charge in [-0.15, -0.1) is 0 Å². The van der Waals surface area contributed by atoms with Crippen LogP contribution in [0.5, 0.6) is 5.75 Å². The van der Waals surface area contributed by atoms with E-state index in [4.69, 9.17) is 4.74 Å². The van der Waals surface area contributed by atoms with Gasteiger partial charge in [-0.05, 0) is 42.5 Å². The van der Waals surface area contributed by atoms with Gasteiger partial charge in [0.15, 0.2) is 0 Å². The Kier molecular flexibility index (Phi) is 5.81. The van der Waals surface area contributed by atoms with Crippen molar-refractivity contribution in [1.29, 1.82) is 0 Å². The Bertz CT molecular complexity index is 815. The van der Waals surface area contributed by atoms with E-state index in [1.54, 1.807) is 7.11 Å². The number of nitrogens with zero attached hydrogens (tertiary/aromatic N) is 2. The number of carbonyl (C=O) groups excluding carboxylic acids is 1. The highest BCUT2D eigenvalue weighted by atomic mass is 16.5. The van der Waals surface area contributed by atoms with E-state index in [-0.39, 0.29) is 11.9 Å². The predicted molar refractivity (Wildman–Crippen MR) is 112 cm³/mol. The number of methoxy groups -OCH3 is 1. The van der Waals surface area contributed by atoms with Crippen LogP contribution in [-0.4, -0.2) is 50.6 Å². The van der Waals surface area contributed by atoms with E-state index in [2.05, 4.69) is 51.5 Å². The van der Waals surface area contributed by atoms with Crippen LogP contribution in [-0.2, 0) is 11.2 Å². The van der Waals surface area contributed by atoms with Crippen molar-refractivity contribution >= 4 is 11.6 Å². The molecule has 28 heavy (non-hydrogen) atoms. The van der Waals surface area contributed by atoms with Gasteiger partial charge in [-0.1, -0.05) is 30.3 Å². The first-order valence-electron chi connectivity index (χ1n) is 10.2. The number of hydrogen-bond acceptors (Lipinski definition) is 4. The first kappa shape index (κ1) is 18.8. The lowest BCUT2D eigenvalue weighted by molar-refractivity contribution is -0.123. The second-order valence-electron chi connectivity index (χ2n) is 7.68. The van der Waals surface area contributed by atoms with Crippen LogP contribution in [0.25, 0.3) is 0 Å². The third kappa shape index (κ3) is 4.30. The standard InChI is InChI=1S/C23H29N3O2/c1-28-20-9-5-8-19(16-20)26-14-12-25(13-15-26)17-23(27)24-22-11-4-7-18-6-2-3-10-21(18)22/h2-3,5-6,8-10,16,22H,4,7,11-15,17H2,1H3,(H,24,27)/t22-/m1/s1. The summed E-state index contributed by atoms with van der Waals surface area (Å²) in [5.41, 5.74) is 3.86. The Labute approximate surface area is 167 Å². The van der Waals surface area contributed by atoms with Crippen molar-refractivity contribution in [3.8, 4) is 5.75 Å². The van der Waals surface area contributed by atoms with E-state index in [1.165, 1.54) is 16.8 Å². The van der Waals surface area contributed by atoms with Crippen LogP contribution < -0.4 is 15.0 Å². The monoisotopic (exact) mass is 379 g/mol. The molecule has 2 aliphatic rings. The third-order valence-electron chi connectivity index (χ3n) is 5.86. The fourth-order valence-electron chi connectivity index (χ4n) is 4.32. The van der Waals surface area contributed by atoms with Gasteiger partial charge in [-0.2, -0.15) is 0 Å². The van der Waals surface area contributed by atoms with Crippen LogP contribution >= 0.6 is 0 Å². The largest absolute Gasteiger partial charge is 0.497 e. The lowest BCUT2D eigenvalue weighted by atomic mass is 9.88. The van der Waals surface area contributed by atoms with Gasteiger partial charge in [-0.3, -0.25) is 9.69 Å². The van der Waals surface area contributed by atoms with Crippen molar-refractivity contribution in [1.82, 2.24) is 10.2 Å². The van der Waals surface area contributed by atoms with E-state index in [1.807, 2.05) is 12.1 Å². The fraction of sp³-hybridized carbons (Fsp3) is 0.435. The summed E-state index contributed by atoms with van der Waals surface area (Å²) in [6.07, 6.45) is 3.29. The highest BCUT2D eigenvalue weighted by Crippen LogP contribution is 2.29. The normalized spacial score (nSPS) is 19.8. The maximum atomic E-state index is 12.6. The minimum Gasteiger partial charge on any atom is -0.497 e. The van der Waals surface area contributed by atoms with Crippen molar-refractivity contribution in [2.75, 3.05) is 44.7 Å². The SMILES string of the molecule is COc1cccc(N2CCN(CC(=O)N[C@@H]3CCCc4ccccc43)CC2)c1. The number of nitrogens with one attached hydrogen (secondary N) is 1. The molecule has 1 aliphatic heterocycles. The average Bonchev–Trinajstić information content (AvgIpc) is 2.74. The Morgan fingerprint density at radius 3 is 2.75 bits per heavy atom. The minimum atomic E-state index is 0.136. The van der Waals surface area contributed by atoms with Crippen LogP contribution in [0.4, 0.5) is 5.69 Å². The minimum absolute atomic E-state index is 0.136. The molecule has 0 unspecified atom stereocenters. The lowest BCUT2D eigenvalue weighted by Gasteiger charge is -2.36. The maximum absolute atomic E-state index is 12.6. The zero-order chi connectivity index (χ0) is 19.3. The van der Waals surface area contributed by atoms with Gasteiger partial charge in [0.05, 0.1) is 19.7 Å². The molecule has 1 fully saturated rings. The average molecular weight is 380 g/mol. The van der Waals surface area contributed by atoms with Gasteiger partial charge in [0.2, 0.25) is 5.91 Å². The second kappa shape index (κ2) is 8.65. The molecule has 1 N–H and O–H groups in total. The Balaban J connectivity index is 1.29. The number of piperazine rings is 1. The quantitative estimate of drug-likeness (QED) is 0.867. The molecular weight excluding hydrogens is 350 g/mol. The van der Waals surface area contributed by atoms with Crippen LogP contribution in [0, 0.1) is 0 Å². The number of aryl methyl sites for hydroxylation is 1. The smallest absolute Gasteiger partial charge is 0.234 e. The van der Waals surface area contributed by atoms with Gasteiger partial charge in [0.25, 0.3) is 0 Å². The van der Waals surface area contributed by atoms with Gasteiger partial charge in [0.1, 0.15) is 5.75 Å². The molecule has 1 aliphatic carbocycles. The topological polar surface area (TPSA) is 44.8 Å². The number of carbonyl (C=O) groups is 1. The molecule has 148 valence electrons. The van der Waals surface area contributed by atoms with Crippen molar-refractivity contribution in [2.24, 2.45) is 0 Å². The van der Waals surface area contributed by atoms with Gasteiger partial charge in [-0.25, -0.2) is 0 Å². The van der Waals surface area contributed by atoms with E-state index in [0.717, 1.165) is 51.2 Å². The zero-order valence-corrected chi connectivity index (χ0v) is 16.6. The molecule has 0 aromatic heterocycles. The summed E-state index contributed by atoms with van der Waals surface area (Å²) in [5, 5.41) is 3.27. The lowest BCUT2D eigenvalue weighted by Crippen LogP contribution is -2.50. The van der Waals surface area contributed by atoms with Crippen LogP contribution in [0.3, 0.4) is 0 Å². The van der Waals surface area contributed by atoms with Gasteiger partial charge in [0, 0.05) is 37.9 Å². The first-order valence-corrected chi connectivity index (χ1v) is 10.2. The van der Waals surface area contributed by atoms with Gasteiger partial charge >= 0.3 is 0 Å². The maximum Gasteiger partial charge on any atom is 0.234 e. The molecule has 4 rings (SSSR count). The molecule has 1 saturated heterocycles. The van der Waals surface area contributed by atoms with Crippen LogP contribution in [0.15, 0.2) is 48.5 Å². The molecule has 1 atom stereocenters. The summed E-state index contributed by atoms with van der Waals surface area (Å²) >= 11 is 0. The number of benzene rings is 2. The van der Waals surface area contributed by atoms with E-state index < -0.39 is 0 Å². The zero-order valence-electron chi connectivity index (χ0n) is 16.6. The molecule has 0 saturated carbocycles. The number of ether oxygens (including phenoxy) is 1. The molecular formula is C23H29N3O2. The molecule has 1 heterocycles. The number of anilines is 1. The van der Waals surface area contributed by atoms with Crippen molar-refractivity contribution in [3.63, 3.8) is 0 Å². The summed E-state index contributed by atoms with van der Waals surface area (Å²) in [4.78, 5) is 17.2. The Morgan fingerprint density at radius 1 is 1.11 bits per heavy atom. The summed E-state index contributed by atoms with van der Waals surface area (Å²) in [6, 6.07) is 16.8. The van der Waals surface area contributed by atoms with Crippen LogP contribution in [0.1, 0.15) is 30.0 Å². The molecule has 5 nitrogen and oxygen atoms in total. The Morgan fingerprint density at radius 2 is 1.93 bits per heavy atom. The molecule has 2 aromatic rings. The van der Waals surface area contributed by atoms with E-state index >= 15 is 0 Å². The molecule has 0 bridgehead atoms. The summed E-state index contributed by atoms with van der Waals surface area (Å²) in [7, 11) is 1.69. The van der Waals surface area contributed by atoms with Crippen molar-refractivity contribution < 1.29 is 9.53 Å². The molecule has 2 aromatic carbocycles. The molecule has 0 spiro atoms. The van der Waals surface area contributed by atoms with E-state index in [0.29, 0.717) is 6.54 Å². The number of rotatable bonds is 5. The van der Waals surface area contributed by atoms with E-state index in [9.17, 15) is 4.79 Å². The summed E-state index contributed by atoms with van der Waals surface area (Å²) in [5.74, 6) is 1.02. The number of amides is 1. The number of hydrogen-bond donors (Lipinski definition) is 1.